The minimum absolute atomic E-state index is 0.294. The van der Waals surface area contributed by atoms with Crippen LogP contribution in [0.4, 0.5) is 0 Å². The molecule has 1 atom stereocenters. The first kappa shape index (κ1) is 11.1. The van der Waals surface area contributed by atoms with Gasteiger partial charge in [-0.3, -0.25) is 4.99 Å². The Hall–Kier alpha value is -1.35. The summed E-state index contributed by atoms with van der Waals surface area (Å²) in [6.07, 6.45) is 5.53. The van der Waals surface area contributed by atoms with Crippen LogP contribution in [0.1, 0.15) is 24.8 Å². The summed E-state index contributed by atoms with van der Waals surface area (Å²) in [6.45, 7) is 1.91. The van der Waals surface area contributed by atoms with E-state index < -0.39 is 0 Å². The van der Waals surface area contributed by atoms with Gasteiger partial charge in [0.1, 0.15) is 5.75 Å². The molecule has 1 aliphatic heterocycles. The van der Waals surface area contributed by atoms with Crippen molar-refractivity contribution in [3.05, 3.63) is 29.8 Å². The second-order valence-corrected chi connectivity index (χ2v) is 4.20. The maximum atomic E-state index is 9.54. The minimum atomic E-state index is 0.294. The van der Waals surface area contributed by atoms with Crippen LogP contribution in [-0.4, -0.2) is 30.5 Å². The zero-order valence-electron chi connectivity index (χ0n) is 9.39. The van der Waals surface area contributed by atoms with Gasteiger partial charge in [0.2, 0.25) is 0 Å². The Morgan fingerprint density at radius 1 is 1.38 bits per heavy atom. The first-order chi connectivity index (χ1) is 7.86. The van der Waals surface area contributed by atoms with Crippen molar-refractivity contribution in [1.29, 1.82) is 0 Å². The highest BCUT2D eigenvalue weighted by molar-refractivity contribution is 5.83. The lowest BCUT2D eigenvalue weighted by molar-refractivity contribution is 0.408. The lowest BCUT2D eigenvalue weighted by Crippen LogP contribution is -2.36. The molecule has 1 aromatic carbocycles. The molecule has 0 radical (unpaired) electrons. The number of piperidine rings is 1. The summed E-state index contributed by atoms with van der Waals surface area (Å²) in [5, 5.41) is 13.0. The summed E-state index contributed by atoms with van der Waals surface area (Å²) in [5.74, 6) is 0.294. The lowest BCUT2D eigenvalue weighted by Gasteiger charge is -2.21. The van der Waals surface area contributed by atoms with Crippen LogP contribution in [-0.2, 0) is 0 Å². The number of nitrogens with zero attached hydrogens (tertiary/aromatic N) is 1. The molecule has 0 unspecified atom stereocenters. The second kappa shape index (κ2) is 5.66. The van der Waals surface area contributed by atoms with Gasteiger partial charge in [0.15, 0.2) is 0 Å². The van der Waals surface area contributed by atoms with Crippen molar-refractivity contribution < 1.29 is 5.11 Å². The number of hydrogen-bond acceptors (Lipinski definition) is 3. The maximum Gasteiger partial charge on any atom is 0.124 e. The topological polar surface area (TPSA) is 44.6 Å². The number of phenols is 1. The Labute approximate surface area is 96.2 Å². The first-order valence-electron chi connectivity index (χ1n) is 5.87. The molecule has 0 saturated carbocycles. The number of aromatic hydroxyl groups is 1. The monoisotopic (exact) mass is 218 g/mol. The summed E-state index contributed by atoms with van der Waals surface area (Å²) < 4.78 is 0. The van der Waals surface area contributed by atoms with E-state index in [0.29, 0.717) is 11.8 Å². The number of aliphatic imine (C=N–C) groups is 1. The van der Waals surface area contributed by atoms with E-state index in [1.165, 1.54) is 19.3 Å². The summed E-state index contributed by atoms with van der Waals surface area (Å²) in [6, 6.07) is 7.78. The summed E-state index contributed by atoms with van der Waals surface area (Å²) in [4.78, 5) is 4.38. The van der Waals surface area contributed by atoms with Crippen molar-refractivity contribution in [1.82, 2.24) is 5.32 Å². The van der Waals surface area contributed by atoms with Gasteiger partial charge < -0.3 is 10.4 Å². The van der Waals surface area contributed by atoms with Crippen molar-refractivity contribution in [3.8, 4) is 5.75 Å². The molecule has 86 valence electrons. The molecule has 3 heteroatoms. The van der Waals surface area contributed by atoms with Crippen molar-refractivity contribution >= 4 is 6.21 Å². The van der Waals surface area contributed by atoms with Crippen molar-refractivity contribution in [2.45, 2.75) is 25.3 Å². The molecular formula is C13H18N2O. The molecular weight excluding hydrogens is 200 g/mol. The fourth-order valence-electron chi connectivity index (χ4n) is 1.95. The highest BCUT2D eigenvalue weighted by Gasteiger charge is 2.10. The summed E-state index contributed by atoms with van der Waals surface area (Å²) >= 11 is 0. The molecule has 0 aromatic heterocycles. The minimum Gasteiger partial charge on any atom is -0.507 e. The number of benzene rings is 1. The van der Waals surface area contributed by atoms with Gasteiger partial charge in [-0.15, -0.1) is 0 Å². The quantitative estimate of drug-likeness (QED) is 0.762. The zero-order chi connectivity index (χ0) is 11.2. The number of phenolic OH excluding ortho intramolecular Hbond substituents is 1. The molecule has 0 bridgehead atoms. The van der Waals surface area contributed by atoms with Gasteiger partial charge in [0.25, 0.3) is 0 Å². The van der Waals surface area contributed by atoms with E-state index in [-0.39, 0.29) is 0 Å². The largest absolute Gasteiger partial charge is 0.507 e. The third-order valence-electron chi connectivity index (χ3n) is 2.91. The molecule has 3 nitrogen and oxygen atoms in total. The normalized spacial score (nSPS) is 21.4. The van der Waals surface area contributed by atoms with E-state index in [4.69, 9.17) is 0 Å². The predicted octanol–water partition coefficient (Wildman–Crippen LogP) is 1.95. The van der Waals surface area contributed by atoms with Crippen molar-refractivity contribution in [2.24, 2.45) is 4.99 Å². The van der Waals surface area contributed by atoms with Crippen molar-refractivity contribution in [3.63, 3.8) is 0 Å². The number of para-hydroxylation sites is 1. The van der Waals surface area contributed by atoms with E-state index in [0.717, 1.165) is 18.7 Å². The molecule has 0 aliphatic carbocycles. The SMILES string of the molecule is Oc1ccccc1C=NC[C@H]1CCCCN1. The third kappa shape index (κ3) is 3.07. The Morgan fingerprint density at radius 2 is 2.25 bits per heavy atom. The molecule has 1 fully saturated rings. The van der Waals surface area contributed by atoms with Gasteiger partial charge in [-0.2, -0.15) is 0 Å². The van der Waals surface area contributed by atoms with Crippen LogP contribution < -0.4 is 5.32 Å². The van der Waals surface area contributed by atoms with Crippen molar-refractivity contribution in [2.75, 3.05) is 13.1 Å². The molecule has 16 heavy (non-hydrogen) atoms. The van der Waals surface area contributed by atoms with Gasteiger partial charge in [-0.05, 0) is 31.5 Å². The molecule has 1 saturated heterocycles. The van der Waals surface area contributed by atoms with Gasteiger partial charge in [0.05, 0.1) is 6.54 Å². The highest BCUT2D eigenvalue weighted by Crippen LogP contribution is 2.13. The van der Waals surface area contributed by atoms with Crippen LogP contribution in [0.5, 0.6) is 5.75 Å². The van der Waals surface area contributed by atoms with E-state index in [2.05, 4.69) is 10.3 Å². The van der Waals surface area contributed by atoms with Crippen LogP contribution in [0.2, 0.25) is 0 Å². The van der Waals surface area contributed by atoms with E-state index >= 15 is 0 Å². The van der Waals surface area contributed by atoms with Gasteiger partial charge >= 0.3 is 0 Å². The van der Waals surface area contributed by atoms with Crippen LogP contribution >= 0.6 is 0 Å². The fourth-order valence-corrected chi connectivity index (χ4v) is 1.95. The highest BCUT2D eigenvalue weighted by atomic mass is 16.3. The Balaban J connectivity index is 1.87. The summed E-state index contributed by atoms with van der Waals surface area (Å²) in [7, 11) is 0. The average molecular weight is 218 g/mol. The number of nitrogens with one attached hydrogen (secondary N) is 1. The van der Waals surface area contributed by atoms with E-state index in [9.17, 15) is 5.11 Å². The first-order valence-corrected chi connectivity index (χ1v) is 5.87. The molecule has 1 aliphatic rings. The average Bonchev–Trinajstić information content (AvgIpc) is 2.33. The molecule has 0 spiro atoms. The zero-order valence-corrected chi connectivity index (χ0v) is 9.39. The van der Waals surface area contributed by atoms with Crippen LogP contribution in [0.3, 0.4) is 0 Å². The standard InChI is InChI=1S/C13H18N2O/c16-13-7-2-1-5-11(13)9-14-10-12-6-3-4-8-15-12/h1-2,5,7,9,12,15-16H,3-4,6,8,10H2/t12-/m1/s1. The van der Waals surface area contributed by atoms with Gasteiger partial charge in [-0.25, -0.2) is 0 Å². The van der Waals surface area contributed by atoms with Gasteiger partial charge in [0, 0.05) is 17.8 Å². The van der Waals surface area contributed by atoms with Crippen LogP contribution in [0, 0.1) is 0 Å². The van der Waals surface area contributed by atoms with E-state index in [1.807, 2.05) is 18.2 Å². The smallest absolute Gasteiger partial charge is 0.124 e. The van der Waals surface area contributed by atoms with E-state index in [1.54, 1.807) is 12.3 Å². The molecule has 0 amide bonds. The molecule has 1 heterocycles. The Morgan fingerprint density at radius 3 is 3.00 bits per heavy atom. The summed E-state index contributed by atoms with van der Waals surface area (Å²) in [5.41, 5.74) is 0.790. The lowest BCUT2D eigenvalue weighted by atomic mass is 10.1. The predicted molar refractivity (Wildman–Crippen MR) is 66.2 cm³/mol. The molecule has 2 N–H and O–H groups in total. The maximum absolute atomic E-state index is 9.54. The van der Waals surface area contributed by atoms with Crippen LogP contribution in [0.25, 0.3) is 0 Å². The number of rotatable bonds is 3. The second-order valence-electron chi connectivity index (χ2n) is 4.20. The third-order valence-corrected chi connectivity index (χ3v) is 2.91. The Kier molecular flexibility index (Phi) is 3.94. The molecule has 1 aromatic rings. The van der Waals surface area contributed by atoms with Crippen LogP contribution in [0.15, 0.2) is 29.3 Å². The Bertz CT molecular complexity index is 357. The van der Waals surface area contributed by atoms with Gasteiger partial charge in [-0.1, -0.05) is 18.6 Å². The number of hydrogen-bond donors (Lipinski definition) is 2. The molecule has 2 rings (SSSR count). The fraction of sp³-hybridized carbons (Fsp3) is 0.462.